The van der Waals surface area contributed by atoms with Gasteiger partial charge in [-0.25, -0.2) is 9.78 Å². The van der Waals surface area contributed by atoms with Crippen LogP contribution in [0.2, 0.25) is 0 Å². The summed E-state index contributed by atoms with van der Waals surface area (Å²) in [7, 11) is 0. The Morgan fingerprint density at radius 3 is 2.60 bits per heavy atom. The van der Waals surface area contributed by atoms with Gasteiger partial charge < -0.3 is 20.8 Å². The smallest absolute Gasteiger partial charge is 0.319 e. The lowest BCUT2D eigenvalue weighted by molar-refractivity contribution is 0.0995. The first-order valence-electron chi connectivity index (χ1n) is 7.77. The highest BCUT2D eigenvalue weighted by atomic mass is 16.3. The monoisotopic (exact) mass is 338 g/mol. The number of hydrogen-bond acceptors (Lipinski definition) is 4. The number of rotatable bonds is 4. The molecule has 0 bridgehead atoms. The van der Waals surface area contributed by atoms with Gasteiger partial charge in [0.1, 0.15) is 17.0 Å². The van der Waals surface area contributed by atoms with Crippen molar-refractivity contribution in [2.45, 2.75) is 19.9 Å². The Morgan fingerprint density at radius 1 is 1.20 bits per heavy atom. The number of anilines is 1. The maximum atomic E-state index is 12.2. The number of nitrogens with zero attached hydrogens (tertiary/aromatic N) is 1. The summed E-state index contributed by atoms with van der Waals surface area (Å²) in [5, 5.41) is 6.50. The quantitative estimate of drug-likeness (QED) is 0.678. The van der Waals surface area contributed by atoms with Crippen molar-refractivity contribution in [2.24, 2.45) is 5.73 Å². The molecule has 0 fully saturated rings. The van der Waals surface area contributed by atoms with Crippen LogP contribution in [0.1, 0.15) is 34.8 Å². The normalized spacial score (nSPS) is 11.9. The second-order valence-electron chi connectivity index (χ2n) is 5.70. The fourth-order valence-corrected chi connectivity index (χ4v) is 2.65. The summed E-state index contributed by atoms with van der Waals surface area (Å²) >= 11 is 0. The molecule has 0 radical (unpaired) electrons. The largest absolute Gasteiger partial charge is 0.459 e. The van der Waals surface area contributed by atoms with Crippen molar-refractivity contribution < 1.29 is 14.0 Å². The molecule has 0 saturated heterocycles. The number of aromatic nitrogens is 1. The van der Waals surface area contributed by atoms with Crippen LogP contribution in [-0.2, 0) is 0 Å². The number of pyridine rings is 1. The third-order valence-corrected chi connectivity index (χ3v) is 3.90. The molecule has 2 aromatic heterocycles. The predicted octanol–water partition coefficient (Wildman–Crippen LogP) is 3.12. The summed E-state index contributed by atoms with van der Waals surface area (Å²) in [5.74, 6) is 0.0866. The molecule has 1 unspecified atom stereocenters. The van der Waals surface area contributed by atoms with Gasteiger partial charge in [0.25, 0.3) is 5.91 Å². The molecule has 7 heteroatoms. The fourth-order valence-electron chi connectivity index (χ4n) is 2.65. The molecule has 7 nitrogen and oxygen atoms in total. The number of furan rings is 1. The Balaban J connectivity index is 1.69. The first kappa shape index (κ1) is 16.5. The zero-order chi connectivity index (χ0) is 18.0. The number of hydrogen-bond donors (Lipinski definition) is 3. The van der Waals surface area contributed by atoms with Crippen molar-refractivity contribution in [3.8, 4) is 0 Å². The van der Waals surface area contributed by atoms with Crippen LogP contribution in [0.3, 0.4) is 0 Å². The minimum Gasteiger partial charge on any atom is -0.459 e. The molecule has 0 aliphatic heterocycles. The highest BCUT2D eigenvalue weighted by Crippen LogP contribution is 2.29. The molecule has 0 aliphatic rings. The summed E-state index contributed by atoms with van der Waals surface area (Å²) in [6.07, 6.45) is 1.37. The van der Waals surface area contributed by atoms with Gasteiger partial charge in [0.15, 0.2) is 0 Å². The molecule has 1 atom stereocenters. The van der Waals surface area contributed by atoms with Crippen molar-refractivity contribution in [1.82, 2.24) is 10.3 Å². The van der Waals surface area contributed by atoms with Crippen LogP contribution >= 0.6 is 0 Å². The van der Waals surface area contributed by atoms with Crippen molar-refractivity contribution >= 4 is 28.6 Å². The van der Waals surface area contributed by atoms with E-state index < -0.39 is 11.9 Å². The molecule has 25 heavy (non-hydrogen) atoms. The third kappa shape index (κ3) is 3.45. The van der Waals surface area contributed by atoms with Gasteiger partial charge in [-0.2, -0.15) is 0 Å². The van der Waals surface area contributed by atoms with Crippen molar-refractivity contribution in [1.29, 1.82) is 0 Å². The number of nitrogens with two attached hydrogens (primary N) is 1. The number of nitrogens with one attached hydrogen (secondary N) is 2. The van der Waals surface area contributed by atoms with Crippen LogP contribution in [0.15, 0.2) is 47.0 Å². The van der Waals surface area contributed by atoms with E-state index in [2.05, 4.69) is 15.6 Å². The number of benzene rings is 1. The average Bonchev–Trinajstić information content (AvgIpc) is 2.92. The van der Waals surface area contributed by atoms with Crippen LogP contribution in [0.5, 0.6) is 0 Å². The number of fused-ring (bicyclic) bond motifs is 1. The van der Waals surface area contributed by atoms with Gasteiger partial charge in [-0.05, 0) is 32.0 Å². The molecule has 4 N–H and O–H groups in total. The summed E-state index contributed by atoms with van der Waals surface area (Å²) in [6, 6.07) is 10.0. The van der Waals surface area contributed by atoms with Gasteiger partial charge in [0, 0.05) is 10.9 Å². The minimum absolute atomic E-state index is 0.136. The van der Waals surface area contributed by atoms with Crippen LogP contribution in [-0.4, -0.2) is 16.9 Å². The van der Waals surface area contributed by atoms with E-state index in [1.807, 2.05) is 38.1 Å². The van der Waals surface area contributed by atoms with Gasteiger partial charge in [-0.1, -0.05) is 18.2 Å². The molecular formula is C18H18N4O3. The average molecular weight is 338 g/mol. The van der Waals surface area contributed by atoms with Gasteiger partial charge >= 0.3 is 6.03 Å². The number of aryl methyl sites for hydroxylation is 1. The van der Waals surface area contributed by atoms with Gasteiger partial charge in [0.2, 0.25) is 0 Å². The number of amides is 3. The molecule has 1 aromatic carbocycles. The van der Waals surface area contributed by atoms with E-state index in [-0.39, 0.29) is 11.7 Å². The molecule has 0 aliphatic carbocycles. The molecular weight excluding hydrogens is 320 g/mol. The third-order valence-electron chi connectivity index (χ3n) is 3.90. The Bertz CT molecular complexity index is 931. The van der Waals surface area contributed by atoms with Gasteiger partial charge in [0.05, 0.1) is 17.9 Å². The Labute approximate surface area is 144 Å². The van der Waals surface area contributed by atoms with Crippen LogP contribution < -0.4 is 16.4 Å². The topological polar surface area (TPSA) is 110 Å². The number of carbonyl (C=O) groups is 2. The standard InChI is InChI=1S/C18H18N4O3/c1-10-13-5-3-4-6-15(13)25-16(10)11(2)21-18(24)22-12-7-8-14(17(19)23)20-9-12/h3-9,11H,1-2H3,(H2,19,23)(H2,21,22,24). The highest BCUT2D eigenvalue weighted by Gasteiger charge is 2.18. The second kappa shape index (κ2) is 6.64. The van der Waals surface area contributed by atoms with Crippen molar-refractivity contribution in [2.75, 3.05) is 5.32 Å². The Morgan fingerprint density at radius 2 is 1.96 bits per heavy atom. The summed E-state index contributed by atoms with van der Waals surface area (Å²) in [4.78, 5) is 27.0. The highest BCUT2D eigenvalue weighted by molar-refractivity contribution is 5.92. The summed E-state index contributed by atoms with van der Waals surface area (Å²) in [6.45, 7) is 3.81. The van der Waals surface area contributed by atoms with E-state index in [0.717, 1.165) is 16.5 Å². The molecule has 0 spiro atoms. The SMILES string of the molecule is Cc1c(C(C)NC(=O)Nc2ccc(C(N)=O)nc2)oc2ccccc12. The maximum absolute atomic E-state index is 12.2. The first-order valence-corrected chi connectivity index (χ1v) is 7.77. The number of carbonyl (C=O) groups excluding carboxylic acids is 2. The molecule has 3 aromatic rings. The van der Waals surface area contributed by atoms with Gasteiger partial charge in [-0.3, -0.25) is 4.79 Å². The maximum Gasteiger partial charge on any atom is 0.319 e. The Hall–Kier alpha value is -3.35. The zero-order valence-electron chi connectivity index (χ0n) is 13.9. The van der Waals surface area contributed by atoms with E-state index >= 15 is 0 Å². The summed E-state index contributed by atoms with van der Waals surface area (Å²) < 4.78 is 5.85. The lowest BCUT2D eigenvalue weighted by Gasteiger charge is -2.13. The molecule has 128 valence electrons. The number of para-hydroxylation sites is 1. The van der Waals surface area contributed by atoms with Crippen molar-refractivity contribution in [3.63, 3.8) is 0 Å². The number of primary amides is 1. The predicted molar refractivity (Wildman–Crippen MR) is 94.3 cm³/mol. The Kier molecular flexibility index (Phi) is 4.38. The van der Waals surface area contributed by atoms with Crippen LogP contribution in [0.4, 0.5) is 10.5 Å². The second-order valence-corrected chi connectivity index (χ2v) is 5.70. The molecule has 3 amide bonds. The number of urea groups is 1. The fraction of sp³-hybridized carbons (Fsp3) is 0.167. The van der Waals surface area contributed by atoms with E-state index in [0.29, 0.717) is 11.4 Å². The minimum atomic E-state index is -0.620. The van der Waals surface area contributed by atoms with E-state index in [9.17, 15) is 9.59 Å². The zero-order valence-corrected chi connectivity index (χ0v) is 13.9. The van der Waals surface area contributed by atoms with E-state index in [4.69, 9.17) is 10.2 Å². The van der Waals surface area contributed by atoms with Crippen LogP contribution in [0.25, 0.3) is 11.0 Å². The lowest BCUT2D eigenvalue weighted by atomic mass is 10.1. The summed E-state index contributed by atoms with van der Waals surface area (Å²) in [5.41, 5.74) is 7.50. The van der Waals surface area contributed by atoms with E-state index in [1.54, 1.807) is 6.07 Å². The lowest BCUT2D eigenvalue weighted by Crippen LogP contribution is -2.31. The molecule has 3 rings (SSSR count). The first-order chi connectivity index (χ1) is 12.0. The van der Waals surface area contributed by atoms with Gasteiger partial charge in [-0.15, -0.1) is 0 Å². The molecule has 0 saturated carbocycles. The molecule has 2 heterocycles. The van der Waals surface area contributed by atoms with E-state index in [1.165, 1.54) is 12.3 Å². The van der Waals surface area contributed by atoms with Crippen LogP contribution in [0, 0.1) is 6.92 Å². The van der Waals surface area contributed by atoms with Crippen molar-refractivity contribution in [3.05, 3.63) is 59.6 Å².